The first-order chi connectivity index (χ1) is 17.6. The summed E-state index contributed by atoms with van der Waals surface area (Å²) in [4.78, 5) is 30.3. The average molecular weight is 534 g/mol. The van der Waals surface area contributed by atoms with Gasteiger partial charge in [-0.05, 0) is 49.1 Å². The molecule has 3 aromatic rings. The lowest BCUT2D eigenvalue weighted by Gasteiger charge is -2.16. The highest BCUT2D eigenvalue weighted by molar-refractivity contribution is 6.30. The van der Waals surface area contributed by atoms with Gasteiger partial charge in [0.05, 0.1) is 18.8 Å². The number of nitrogens with zero attached hydrogens (tertiary/aromatic N) is 2. The molecule has 1 fully saturated rings. The number of amides is 1. The molecule has 1 saturated carbocycles. The van der Waals surface area contributed by atoms with Crippen LogP contribution in [0.5, 0.6) is 0 Å². The molecule has 0 radical (unpaired) electrons. The summed E-state index contributed by atoms with van der Waals surface area (Å²) in [7, 11) is 0. The number of carbonyl (C=O) groups excluding carboxylic acids is 1. The minimum atomic E-state index is -4.31. The molecule has 196 valence electrons. The standard InChI is InChI=1S/C27H27ClF3N3O3/c28-21-8-6-19(7-9-21)22-14-24(36)34(23(33-22)5-2-10-27(29,30)31)15-18-3-1-4-20(13-18)25(37)32-16-26(17-35)11-12-26/h1,3-4,6-9,13-14,35H,2,5,10-12,15-17H2,(H,32,37). The maximum Gasteiger partial charge on any atom is 0.389 e. The second-order valence-corrected chi connectivity index (χ2v) is 9.94. The van der Waals surface area contributed by atoms with Crippen molar-refractivity contribution in [2.45, 2.75) is 44.8 Å². The molecule has 1 aromatic heterocycles. The third-order valence-corrected chi connectivity index (χ3v) is 6.79. The SMILES string of the molecule is O=C(NCC1(CO)CC1)c1cccc(Cn2c(CCCC(F)(F)F)nc(-c3ccc(Cl)cc3)cc2=O)c1. The number of aryl methyl sites for hydroxylation is 1. The van der Waals surface area contributed by atoms with Crippen LogP contribution in [0.1, 0.15) is 47.4 Å². The zero-order valence-corrected chi connectivity index (χ0v) is 20.8. The van der Waals surface area contributed by atoms with Crippen LogP contribution < -0.4 is 10.9 Å². The van der Waals surface area contributed by atoms with Crippen molar-refractivity contribution >= 4 is 17.5 Å². The molecule has 2 aromatic carbocycles. The molecule has 2 N–H and O–H groups in total. The van der Waals surface area contributed by atoms with Gasteiger partial charge in [-0.15, -0.1) is 0 Å². The number of alkyl halides is 3. The van der Waals surface area contributed by atoms with E-state index >= 15 is 0 Å². The Morgan fingerprint density at radius 1 is 1.14 bits per heavy atom. The number of aromatic nitrogens is 2. The van der Waals surface area contributed by atoms with Crippen LogP contribution in [-0.2, 0) is 13.0 Å². The van der Waals surface area contributed by atoms with Gasteiger partial charge >= 0.3 is 6.18 Å². The molecule has 0 bridgehead atoms. The monoisotopic (exact) mass is 533 g/mol. The lowest BCUT2D eigenvalue weighted by molar-refractivity contribution is -0.135. The van der Waals surface area contributed by atoms with E-state index in [2.05, 4.69) is 10.3 Å². The van der Waals surface area contributed by atoms with Gasteiger partial charge in [-0.1, -0.05) is 35.9 Å². The molecule has 10 heteroatoms. The Morgan fingerprint density at radius 3 is 2.51 bits per heavy atom. The minimum Gasteiger partial charge on any atom is -0.396 e. The summed E-state index contributed by atoms with van der Waals surface area (Å²) in [6, 6.07) is 14.7. The number of rotatable bonds is 10. The van der Waals surface area contributed by atoms with Gasteiger partial charge in [0, 0.05) is 47.0 Å². The van der Waals surface area contributed by atoms with Crippen molar-refractivity contribution in [2.24, 2.45) is 5.41 Å². The number of aliphatic hydroxyl groups is 1. The summed E-state index contributed by atoms with van der Waals surface area (Å²) < 4.78 is 39.7. The zero-order valence-electron chi connectivity index (χ0n) is 20.0. The highest BCUT2D eigenvalue weighted by atomic mass is 35.5. The van der Waals surface area contributed by atoms with Gasteiger partial charge in [0.25, 0.3) is 11.5 Å². The highest BCUT2D eigenvalue weighted by Crippen LogP contribution is 2.44. The van der Waals surface area contributed by atoms with E-state index in [1.165, 1.54) is 10.6 Å². The maximum atomic E-state index is 13.1. The molecule has 4 rings (SSSR count). The van der Waals surface area contributed by atoms with Crippen LogP contribution in [-0.4, -0.2) is 39.9 Å². The Hall–Kier alpha value is -3.17. The summed E-state index contributed by atoms with van der Waals surface area (Å²) >= 11 is 5.94. The lowest BCUT2D eigenvalue weighted by atomic mass is 10.1. The molecule has 1 amide bonds. The first kappa shape index (κ1) is 26.9. The maximum absolute atomic E-state index is 13.1. The van der Waals surface area contributed by atoms with Gasteiger partial charge in [0.2, 0.25) is 0 Å². The third kappa shape index (κ3) is 7.20. The van der Waals surface area contributed by atoms with Gasteiger partial charge in [-0.2, -0.15) is 13.2 Å². The largest absolute Gasteiger partial charge is 0.396 e. The highest BCUT2D eigenvalue weighted by Gasteiger charge is 2.42. The van der Waals surface area contributed by atoms with Crippen molar-refractivity contribution in [3.05, 3.63) is 86.9 Å². The number of carbonyl (C=O) groups is 1. The number of hydrogen-bond donors (Lipinski definition) is 2. The molecule has 0 aliphatic heterocycles. The Balaban J connectivity index is 1.58. The van der Waals surface area contributed by atoms with Crippen molar-refractivity contribution in [1.82, 2.24) is 14.9 Å². The van der Waals surface area contributed by atoms with E-state index in [-0.39, 0.29) is 43.1 Å². The Labute approximate surface area is 217 Å². The van der Waals surface area contributed by atoms with Gasteiger partial charge in [0.1, 0.15) is 5.82 Å². The molecule has 1 heterocycles. The molecule has 0 atom stereocenters. The van der Waals surface area contributed by atoms with Crippen LogP contribution in [0.3, 0.4) is 0 Å². The molecule has 6 nitrogen and oxygen atoms in total. The van der Waals surface area contributed by atoms with Crippen LogP contribution in [0, 0.1) is 5.41 Å². The summed E-state index contributed by atoms with van der Waals surface area (Å²) in [5.41, 5.74) is 1.37. The number of aliphatic hydroxyl groups excluding tert-OH is 1. The van der Waals surface area contributed by atoms with Crippen molar-refractivity contribution < 1.29 is 23.1 Å². The van der Waals surface area contributed by atoms with E-state index in [1.54, 1.807) is 48.5 Å². The molecule has 0 unspecified atom stereocenters. The molecular formula is C27H27ClF3N3O3. The first-order valence-electron chi connectivity index (χ1n) is 12.0. The Bertz CT molecular complexity index is 1320. The van der Waals surface area contributed by atoms with Crippen LogP contribution in [0.4, 0.5) is 13.2 Å². The number of halogens is 4. The van der Waals surface area contributed by atoms with Crippen LogP contribution in [0.25, 0.3) is 11.3 Å². The van der Waals surface area contributed by atoms with Crippen molar-refractivity contribution in [3.63, 3.8) is 0 Å². The predicted octanol–water partition coefficient (Wildman–Crippen LogP) is 5.00. The number of benzene rings is 2. The molecule has 0 spiro atoms. The van der Waals surface area contributed by atoms with Gasteiger partial charge in [-0.3, -0.25) is 14.2 Å². The first-order valence-corrected chi connectivity index (χ1v) is 12.4. The normalized spacial score (nSPS) is 14.4. The molecular weight excluding hydrogens is 507 g/mol. The smallest absolute Gasteiger partial charge is 0.389 e. The fourth-order valence-electron chi connectivity index (χ4n) is 4.06. The van der Waals surface area contributed by atoms with Crippen LogP contribution in [0.15, 0.2) is 59.4 Å². The fraction of sp³-hybridized carbons (Fsp3) is 0.370. The number of hydrogen-bond acceptors (Lipinski definition) is 4. The second kappa shape index (κ2) is 11.1. The van der Waals surface area contributed by atoms with E-state index in [0.717, 1.165) is 12.8 Å². The fourth-order valence-corrected chi connectivity index (χ4v) is 4.19. The quantitative estimate of drug-likeness (QED) is 0.384. The average Bonchev–Trinajstić information content (AvgIpc) is 3.65. The van der Waals surface area contributed by atoms with Crippen LogP contribution in [0.2, 0.25) is 5.02 Å². The van der Waals surface area contributed by atoms with Crippen molar-refractivity contribution in [1.29, 1.82) is 0 Å². The minimum absolute atomic E-state index is 0.0202. The predicted molar refractivity (Wildman–Crippen MR) is 135 cm³/mol. The summed E-state index contributed by atoms with van der Waals surface area (Å²) in [5, 5.41) is 12.8. The van der Waals surface area contributed by atoms with E-state index in [4.69, 9.17) is 11.6 Å². The van der Waals surface area contributed by atoms with E-state index in [1.807, 2.05) is 0 Å². The molecule has 37 heavy (non-hydrogen) atoms. The molecule has 1 aliphatic carbocycles. The Morgan fingerprint density at radius 2 is 1.86 bits per heavy atom. The topological polar surface area (TPSA) is 84.2 Å². The number of nitrogens with one attached hydrogen (secondary N) is 1. The van der Waals surface area contributed by atoms with Crippen LogP contribution >= 0.6 is 11.6 Å². The van der Waals surface area contributed by atoms with E-state index in [0.29, 0.717) is 34.0 Å². The van der Waals surface area contributed by atoms with E-state index < -0.39 is 18.2 Å². The molecule has 1 aliphatic rings. The molecule has 0 saturated heterocycles. The van der Waals surface area contributed by atoms with Gasteiger partial charge in [0.15, 0.2) is 0 Å². The van der Waals surface area contributed by atoms with E-state index in [9.17, 15) is 27.9 Å². The van der Waals surface area contributed by atoms with Gasteiger partial charge < -0.3 is 10.4 Å². The Kier molecular flexibility index (Phi) is 8.04. The summed E-state index contributed by atoms with van der Waals surface area (Å²) in [5.74, 6) is -0.0642. The van der Waals surface area contributed by atoms with Crippen molar-refractivity contribution in [2.75, 3.05) is 13.2 Å². The van der Waals surface area contributed by atoms with Gasteiger partial charge in [-0.25, -0.2) is 4.98 Å². The summed E-state index contributed by atoms with van der Waals surface area (Å²) in [6.45, 7) is 0.452. The van der Waals surface area contributed by atoms with Crippen molar-refractivity contribution in [3.8, 4) is 11.3 Å². The summed E-state index contributed by atoms with van der Waals surface area (Å²) in [6.07, 6.45) is -3.82. The lowest BCUT2D eigenvalue weighted by Crippen LogP contribution is -2.32. The second-order valence-electron chi connectivity index (χ2n) is 9.50. The third-order valence-electron chi connectivity index (χ3n) is 6.53. The zero-order chi connectivity index (χ0) is 26.6.